The molecule has 2 aromatic rings. The quantitative estimate of drug-likeness (QED) is 0.866. The molecule has 2 nitrogen and oxygen atoms in total. The third-order valence-electron chi connectivity index (χ3n) is 3.67. The van der Waals surface area contributed by atoms with Gasteiger partial charge in [-0.05, 0) is 24.6 Å². The predicted octanol–water partition coefficient (Wildman–Crippen LogP) is 4.70. The highest BCUT2D eigenvalue weighted by Crippen LogP contribution is 2.25. The average molecular weight is 302 g/mol. The lowest BCUT2D eigenvalue weighted by atomic mass is 9.93. The maximum Gasteiger partial charge on any atom is 0.0972 e. The summed E-state index contributed by atoms with van der Waals surface area (Å²) in [5.41, 5.74) is 4.01. The van der Waals surface area contributed by atoms with Crippen LogP contribution in [0.25, 0.3) is 0 Å². The molecule has 1 N–H and O–H groups in total. The van der Waals surface area contributed by atoms with Crippen LogP contribution in [0.2, 0.25) is 0 Å². The summed E-state index contributed by atoms with van der Waals surface area (Å²) in [6.45, 7) is 12.0. The molecule has 0 aliphatic carbocycles. The maximum atomic E-state index is 4.77. The number of aromatic nitrogens is 1. The van der Waals surface area contributed by atoms with Gasteiger partial charge >= 0.3 is 0 Å². The molecule has 1 unspecified atom stereocenters. The minimum absolute atomic E-state index is 0.139. The van der Waals surface area contributed by atoms with Crippen molar-refractivity contribution >= 4 is 11.3 Å². The second-order valence-corrected chi connectivity index (χ2v) is 7.52. The Kier molecular flexibility index (Phi) is 5.17. The van der Waals surface area contributed by atoms with Crippen molar-refractivity contribution in [1.82, 2.24) is 10.3 Å². The molecule has 0 saturated heterocycles. The highest BCUT2D eigenvalue weighted by atomic mass is 32.1. The van der Waals surface area contributed by atoms with Crippen LogP contribution < -0.4 is 5.32 Å². The Morgan fingerprint density at radius 1 is 1.19 bits per heavy atom. The van der Waals surface area contributed by atoms with Gasteiger partial charge in [-0.3, -0.25) is 0 Å². The number of hydrogen-bond acceptors (Lipinski definition) is 3. The molecule has 0 fully saturated rings. The molecule has 1 aromatic carbocycles. The van der Waals surface area contributed by atoms with E-state index in [1.54, 1.807) is 11.3 Å². The van der Waals surface area contributed by atoms with E-state index >= 15 is 0 Å². The van der Waals surface area contributed by atoms with E-state index in [1.807, 2.05) is 0 Å². The molecule has 21 heavy (non-hydrogen) atoms. The summed E-state index contributed by atoms with van der Waals surface area (Å²) < 4.78 is 0. The fourth-order valence-corrected chi connectivity index (χ4v) is 3.31. The van der Waals surface area contributed by atoms with Gasteiger partial charge in [-0.25, -0.2) is 4.98 Å². The van der Waals surface area contributed by atoms with E-state index in [9.17, 15) is 0 Å². The molecule has 1 aromatic heterocycles. The summed E-state index contributed by atoms with van der Waals surface area (Å²) in [5, 5.41) is 6.83. The fraction of sp³-hybridized carbons (Fsp3) is 0.500. The van der Waals surface area contributed by atoms with Gasteiger partial charge in [-0.1, -0.05) is 52.0 Å². The van der Waals surface area contributed by atoms with E-state index < -0.39 is 0 Å². The van der Waals surface area contributed by atoms with Crippen LogP contribution >= 0.6 is 11.3 Å². The molecular weight excluding hydrogens is 276 g/mol. The maximum absolute atomic E-state index is 4.77. The zero-order valence-electron chi connectivity index (χ0n) is 13.7. The zero-order valence-corrected chi connectivity index (χ0v) is 14.6. The van der Waals surface area contributed by atoms with Crippen molar-refractivity contribution in [3.63, 3.8) is 0 Å². The SMILES string of the molecule is CCNC(C)c1ccc(Cc2nc(C(C)(C)C)cs2)cc1. The second kappa shape index (κ2) is 6.71. The van der Waals surface area contributed by atoms with Crippen LogP contribution in [0.3, 0.4) is 0 Å². The molecular formula is C18H26N2S. The van der Waals surface area contributed by atoms with Gasteiger partial charge in [0.15, 0.2) is 0 Å². The van der Waals surface area contributed by atoms with Crippen LogP contribution in [0.1, 0.15) is 62.5 Å². The van der Waals surface area contributed by atoms with Crippen molar-refractivity contribution in [2.45, 2.75) is 52.5 Å². The first kappa shape index (κ1) is 16.2. The van der Waals surface area contributed by atoms with Gasteiger partial charge in [0.25, 0.3) is 0 Å². The summed E-state index contributed by atoms with van der Waals surface area (Å²) in [7, 11) is 0. The molecule has 0 bridgehead atoms. The van der Waals surface area contributed by atoms with Gasteiger partial charge in [0.1, 0.15) is 0 Å². The molecule has 0 aliphatic heterocycles. The summed E-state index contributed by atoms with van der Waals surface area (Å²) in [6.07, 6.45) is 0.927. The monoisotopic (exact) mass is 302 g/mol. The lowest BCUT2D eigenvalue weighted by molar-refractivity contribution is 0.571. The van der Waals surface area contributed by atoms with Gasteiger partial charge < -0.3 is 5.32 Å². The Morgan fingerprint density at radius 2 is 1.86 bits per heavy atom. The average Bonchev–Trinajstić information content (AvgIpc) is 2.88. The highest BCUT2D eigenvalue weighted by Gasteiger charge is 2.17. The van der Waals surface area contributed by atoms with E-state index in [0.717, 1.165) is 13.0 Å². The van der Waals surface area contributed by atoms with Crippen LogP contribution in [-0.4, -0.2) is 11.5 Å². The van der Waals surface area contributed by atoms with E-state index in [0.29, 0.717) is 6.04 Å². The van der Waals surface area contributed by atoms with Crippen LogP contribution in [0.15, 0.2) is 29.6 Å². The highest BCUT2D eigenvalue weighted by molar-refractivity contribution is 7.09. The van der Waals surface area contributed by atoms with Crippen LogP contribution in [0, 0.1) is 0 Å². The summed E-state index contributed by atoms with van der Waals surface area (Å²) >= 11 is 1.77. The molecule has 0 spiro atoms. The van der Waals surface area contributed by atoms with E-state index in [1.165, 1.54) is 21.8 Å². The van der Waals surface area contributed by atoms with E-state index in [-0.39, 0.29) is 5.41 Å². The number of thiazole rings is 1. The van der Waals surface area contributed by atoms with E-state index in [4.69, 9.17) is 4.98 Å². The lowest BCUT2D eigenvalue weighted by Crippen LogP contribution is -2.17. The summed E-state index contributed by atoms with van der Waals surface area (Å²) in [4.78, 5) is 4.77. The number of hydrogen-bond donors (Lipinski definition) is 1. The fourth-order valence-electron chi connectivity index (χ4n) is 2.26. The van der Waals surface area contributed by atoms with Crippen molar-refractivity contribution in [2.24, 2.45) is 0 Å². The van der Waals surface area contributed by atoms with Gasteiger partial charge in [-0.2, -0.15) is 0 Å². The van der Waals surface area contributed by atoms with Gasteiger partial charge in [0.05, 0.1) is 10.7 Å². The third kappa shape index (κ3) is 4.39. The first-order valence-corrected chi connectivity index (χ1v) is 8.55. The standard InChI is InChI=1S/C18H26N2S/c1-6-19-13(2)15-9-7-14(8-10-15)11-17-20-16(12-21-17)18(3,4)5/h7-10,12-13,19H,6,11H2,1-5H3. The molecule has 114 valence electrons. The Bertz CT molecular complexity index is 564. The minimum atomic E-state index is 0.139. The molecule has 0 amide bonds. The smallest absolute Gasteiger partial charge is 0.0972 e. The first-order valence-electron chi connectivity index (χ1n) is 7.67. The van der Waals surface area contributed by atoms with Crippen LogP contribution in [0.5, 0.6) is 0 Å². The van der Waals surface area contributed by atoms with Gasteiger partial charge in [0.2, 0.25) is 0 Å². The Balaban J connectivity index is 2.05. The summed E-state index contributed by atoms with van der Waals surface area (Å²) in [6, 6.07) is 9.31. The molecule has 0 aliphatic rings. The molecule has 3 heteroatoms. The third-order valence-corrected chi connectivity index (χ3v) is 4.51. The molecule has 2 rings (SSSR count). The normalized spacial score (nSPS) is 13.4. The number of rotatable bonds is 5. The van der Waals surface area contributed by atoms with Crippen molar-refractivity contribution < 1.29 is 0 Å². The van der Waals surface area contributed by atoms with Gasteiger partial charge in [-0.15, -0.1) is 11.3 Å². The lowest BCUT2D eigenvalue weighted by Gasteiger charge is -2.14. The largest absolute Gasteiger partial charge is 0.310 e. The number of benzene rings is 1. The summed E-state index contributed by atoms with van der Waals surface area (Å²) in [5.74, 6) is 0. The minimum Gasteiger partial charge on any atom is -0.310 e. The predicted molar refractivity (Wildman–Crippen MR) is 92.2 cm³/mol. The first-order chi connectivity index (χ1) is 9.90. The van der Waals surface area contributed by atoms with E-state index in [2.05, 4.69) is 69.6 Å². The molecule has 1 atom stereocenters. The van der Waals surface area contributed by atoms with Crippen molar-refractivity contribution in [3.05, 3.63) is 51.5 Å². The number of nitrogens with one attached hydrogen (secondary N) is 1. The second-order valence-electron chi connectivity index (χ2n) is 6.57. The zero-order chi connectivity index (χ0) is 15.5. The molecule has 1 heterocycles. The van der Waals surface area contributed by atoms with Crippen molar-refractivity contribution in [3.8, 4) is 0 Å². The molecule has 0 radical (unpaired) electrons. The van der Waals surface area contributed by atoms with Gasteiger partial charge in [0, 0.05) is 23.3 Å². The van der Waals surface area contributed by atoms with Crippen molar-refractivity contribution in [1.29, 1.82) is 0 Å². The van der Waals surface area contributed by atoms with Crippen LogP contribution in [-0.2, 0) is 11.8 Å². The molecule has 0 saturated carbocycles. The number of nitrogens with zero attached hydrogens (tertiary/aromatic N) is 1. The van der Waals surface area contributed by atoms with Crippen LogP contribution in [0.4, 0.5) is 0 Å². The topological polar surface area (TPSA) is 24.9 Å². The Labute approximate surface area is 132 Å². The van der Waals surface area contributed by atoms with Crippen molar-refractivity contribution in [2.75, 3.05) is 6.54 Å². The Hall–Kier alpha value is -1.19. The Morgan fingerprint density at radius 3 is 2.38 bits per heavy atom.